The van der Waals surface area contributed by atoms with Crippen molar-refractivity contribution in [3.05, 3.63) is 88.6 Å². The van der Waals surface area contributed by atoms with E-state index >= 15 is 0 Å². The number of hydrogen-bond donors (Lipinski definition) is 1. The average molecular weight is 535 g/mol. The summed E-state index contributed by atoms with van der Waals surface area (Å²) in [5.41, 5.74) is 7.00. The zero-order valence-corrected chi connectivity index (χ0v) is 21.8. The smallest absolute Gasteiger partial charge is 0.175 e. The van der Waals surface area contributed by atoms with Gasteiger partial charge in [-0.25, -0.2) is 8.42 Å². The van der Waals surface area contributed by atoms with Crippen molar-refractivity contribution in [2.45, 2.75) is 51.1 Å². The second-order valence-electron chi connectivity index (χ2n) is 9.86. The maximum Gasteiger partial charge on any atom is 0.175 e. The zero-order chi connectivity index (χ0) is 25.7. The number of aliphatic hydroxyl groups is 1. The third-order valence-corrected chi connectivity index (χ3v) is 8.85. The van der Waals surface area contributed by atoms with Gasteiger partial charge in [-0.3, -0.25) is 4.90 Å². The van der Waals surface area contributed by atoms with Crippen molar-refractivity contribution in [2.24, 2.45) is 0 Å². The largest absolute Gasteiger partial charge is 0.493 e. The molecule has 1 atom stereocenters. The molecule has 0 radical (unpaired) electrons. The molecule has 6 rings (SSSR count). The van der Waals surface area contributed by atoms with E-state index in [0.717, 1.165) is 37.0 Å². The van der Waals surface area contributed by atoms with Crippen molar-refractivity contribution in [3.8, 4) is 11.5 Å². The van der Waals surface area contributed by atoms with Crippen molar-refractivity contribution < 1.29 is 23.0 Å². The molecule has 2 aliphatic rings. The molecule has 0 aliphatic carbocycles. The van der Waals surface area contributed by atoms with Crippen LogP contribution in [0.3, 0.4) is 0 Å². The summed E-state index contributed by atoms with van der Waals surface area (Å²) in [7, 11) is -1.58. The van der Waals surface area contributed by atoms with Crippen LogP contribution in [0.5, 0.6) is 11.5 Å². The topological polar surface area (TPSA) is 81.0 Å². The fourth-order valence-corrected chi connectivity index (χ4v) is 6.47. The average Bonchev–Trinajstić information content (AvgIpc) is 3.22. The van der Waals surface area contributed by atoms with Crippen LogP contribution in [0.25, 0.3) is 10.9 Å². The Morgan fingerprint density at radius 2 is 1.82 bits per heavy atom. The lowest BCUT2D eigenvalue weighted by atomic mass is 9.85. The van der Waals surface area contributed by atoms with Crippen LogP contribution in [-0.2, 0) is 42.6 Å². The third-order valence-electron chi connectivity index (χ3n) is 7.73. The van der Waals surface area contributed by atoms with Crippen LogP contribution in [0.1, 0.15) is 41.4 Å². The van der Waals surface area contributed by atoms with Crippen molar-refractivity contribution >= 4 is 20.7 Å². The van der Waals surface area contributed by atoms with Crippen LogP contribution in [0.4, 0.5) is 0 Å². The maximum absolute atomic E-state index is 11.8. The highest BCUT2D eigenvalue weighted by Crippen LogP contribution is 2.44. The van der Waals surface area contributed by atoms with Crippen LogP contribution in [0.2, 0.25) is 0 Å². The fourth-order valence-electron chi connectivity index (χ4n) is 5.84. The number of methoxy groups -OCH3 is 1. The Kier molecular flexibility index (Phi) is 6.98. The summed E-state index contributed by atoms with van der Waals surface area (Å²) in [4.78, 5) is 2.79. The Labute approximate surface area is 224 Å². The summed E-state index contributed by atoms with van der Waals surface area (Å²) in [5, 5.41) is 11.3. The first kappa shape index (κ1) is 26.3. The quantitative estimate of drug-likeness (QED) is 0.380. The van der Waals surface area contributed by atoms with E-state index in [1.165, 1.54) is 34.0 Å². The molecular weight excluding hydrogens is 500 g/mol. The number of ether oxygens (including phenoxy) is 2. The second kappa shape index (κ2) is 10.1. The number of sulfone groups is 1. The van der Waals surface area contributed by atoms with Gasteiger partial charge in [-0.2, -0.15) is 0 Å². The predicted molar refractivity (Wildman–Crippen MR) is 148 cm³/mol. The molecular formula is C30H34N2O5S. The Balaban J connectivity index is 0.00000294. The van der Waals surface area contributed by atoms with Crippen LogP contribution in [0.15, 0.2) is 65.6 Å². The Morgan fingerprint density at radius 3 is 2.53 bits per heavy atom. The molecule has 4 aromatic rings. The summed E-state index contributed by atoms with van der Waals surface area (Å²) in [5.74, 6) is 1.38. The number of rotatable bonds is 6. The second-order valence-corrected chi connectivity index (χ2v) is 11.9. The van der Waals surface area contributed by atoms with Crippen molar-refractivity contribution in [3.63, 3.8) is 0 Å². The van der Waals surface area contributed by atoms with E-state index in [1.807, 2.05) is 10.6 Å². The Bertz CT molecular complexity index is 1590. The summed E-state index contributed by atoms with van der Waals surface area (Å²) >= 11 is 0. The molecule has 0 saturated heterocycles. The van der Waals surface area contributed by atoms with Gasteiger partial charge in [-0.05, 0) is 65.4 Å². The van der Waals surface area contributed by atoms with Crippen LogP contribution >= 0.6 is 0 Å². The summed E-state index contributed by atoms with van der Waals surface area (Å²) in [6, 6.07) is 19.5. The fraction of sp³-hybridized carbons (Fsp3) is 0.333. The molecule has 0 amide bonds. The number of nitrogens with zero attached hydrogens (tertiary/aromatic N) is 2. The zero-order valence-electron chi connectivity index (χ0n) is 21.0. The van der Waals surface area contributed by atoms with Gasteiger partial charge < -0.3 is 19.1 Å². The molecule has 8 heteroatoms. The predicted octanol–water partition coefficient (Wildman–Crippen LogP) is 4.87. The monoisotopic (exact) mass is 534 g/mol. The van der Waals surface area contributed by atoms with Gasteiger partial charge in [-0.1, -0.05) is 37.8 Å². The first-order chi connectivity index (χ1) is 17.9. The van der Waals surface area contributed by atoms with Gasteiger partial charge in [0.15, 0.2) is 21.3 Å². The standard InChI is InChI=1S/C29H30N2O5S.CH4/c1-35-28-13-20-11-12-30-16-27-24(22-5-3-4-6-25(22)31(27)18-32)14-26(30)23(20)15-29(28)36-17-19-7-9-21(10-8-19)37(2,33)34;/h3-10,13,15,26,32H,11-12,14,16-18H2,1-2H3;1H4. The lowest BCUT2D eigenvalue weighted by Gasteiger charge is -2.41. The number of hydrogen-bond acceptors (Lipinski definition) is 6. The van der Waals surface area contributed by atoms with Gasteiger partial charge in [0, 0.05) is 36.5 Å². The van der Waals surface area contributed by atoms with E-state index in [2.05, 4.69) is 35.2 Å². The van der Waals surface area contributed by atoms with Gasteiger partial charge in [0.2, 0.25) is 0 Å². The van der Waals surface area contributed by atoms with Gasteiger partial charge in [0.25, 0.3) is 0 Å². The molecule has 3 aromatic carbocycles. The molecule has 7 nitrogen and oxygen atoms in total. The number of fused-ring (bicyclic) bond motifs is 6. The molecule has 2 aliphatic heterocycles. The number of benzene rings is 3. The third kappa shape index (κ3) is 4.46. The summed E-state index contributed by atoms with van der Waals surface area (Å²) in [6.45, 7) is 2.02. The van der Waals surface area contributed by atoms with E-state index in [4.69, 9.17) is 9.47 Å². The SMILES string of the molecule is C.COc1cc2c(cc1OCc1ccc(S(C)(=O)=O)cc1)C1Cc3c(n(CO)c4ccccc34)CN1CC2. The number of para-hydroxylation sites is 1. The number of aromatic nitrogens is 1. The molecule has 0 bridgehead atoms. The molecule has 38 heavy (non-hydrogen) atoms. The lowest BCUT2D eigenvalue weighted by Crippen LogP contribution is -2.39. The molecule has 1 unspecified atom stereocenters. The van der Waals surface area contributed by atoms with Crippen LogP contribution < -0.4 is 9.47 Å². The van der Waals surface area contributed by atoms with E-state index < -0.39 is 9.84 Å². The van der Waals surface area contributed by atoms with Crippen molar-refractivity contribution in [2.75, 3.05) is 19.9 Å². The van der Waals surface area contributed by atoms with Crippen LogP contribution in [-0.4, -0.2) is 42.9 Å². The van der Waals surface area contributed by atoms with E-state index in [-0.39, 0.29) is 20.2 Å². The van der Waals surface area contributed by atoms with Gasteiger partial charge in [0.1, 0.15) is 13.3 Å². The Morgan fingerprint density at radius 1 is 1.05 bits per heavy atom. The number of aliphatic hydroxyl groups excluding tert-OH is 1. The Hall–Kier alpha value is -3.33. The van der Waals surface area contributed by atoms with Gasteiger partial charge in [-0.15, -0.1) is 0 Å². The lowest BCUT2D eigenvalue weighted by molar-refractivity contribution is 0.145. The normalized spacial score (nSPS) is 16.8. The van der Waals surface area contributed by atoms with E-state index in [0.29, 0.717) is 23.0 Å². The molecule has 1 aromatic heterocycles. The molecule has 1 N–H and O–H groups in total. The highest BCUT2D eigenvalue weighted by molar-refractivity contribution is 7.90. The summed E-state index contributed by atoms with van der Waals surface area (Å²) < 4.78 is 37.5. The molecule has 3 heterocycles. The first-order valence-electron chi connectivity index (χ1n) is 12.4. The molecule has 0 fully saturated rings. The minimum absolute atomic E-state index is 0. The van der Waals surface area contributed by atoms with Gasteiger partial charge in [0.05, 0.1) is 17.5 Å². The minimum atomic E-state index is -3.24. The maximum atomic E-state index is 11.8. The van der Waals surface area contributed by atoms with E-state index in [1.54, 1.807) is 31.4 Å². The minimum Gasteiger partial charge on any atom is -0.493 e. The molecule has 0 saturated carbocycles. The van der Waals surface area contributed by atoms with Gasteiger partial charge >= 0.3 is 0 Å². The molecule has 0 spiro atoms. The first-order valence-corrected chi connectivity index (χ1v) is 14.3. The highest BCUT2D eigenvalue weighted by Gasteiger charge is 2.35. The van der Waals surface area contributed by atoms with Crippen molar-refractivity contribution in [1.29, 1.82) is 0 Å². The summed E-state index contributed by atoms with van der Waals surface area (Å²) in [6.07, 6.45) is 2.99. The van der Waals surface area contributed by atoms with Crippen LogP contribution in [0, 0.1) is 0 Å². The molecule has 200 valence electrons. The van der Waals surface area contributed by atoms with Crippen molar-refractivity contribution in [1.82, 2.24) is 9.47 Å². The van der Waals surface area contributed by atoms with E-state index in [9.17, 15) is 13.5 Å². The highest BCUT2D eigenvalue weighted by atomic mass is 32.2.